The highest BCUT2D eigenvalue weighted by Gasteiger charge is 2.35. The first-order valence-electron chi connectivity index (χ1n) is 15.9. The van der Waals surface area contributed by atoms with Gasteiger partial charge in [-0.05, 0) is 79.1 Å². The fourth-order valence-corrected chi connectivity index (χ4v) is 5.01. The Morgan fingerprint density at radius 3 is 1.56 bits per heavy atom. The van der Waals surface area contributed by atoms with Crippen molar-refractivity contribution in [2.75, 3.05) is 39.3 Å². The van der Waals surface area contributed by atoms with E-state index < -0.39 is 35.3 Å². The maximum atomic E-state index is 12.5. The average molecular weight is 637 g/mol. The van der Waals surface area contributed by atoms with E-state index in [1.54, 1.807) is 46.4 Å². The second-order valence-electron chi connectivity index (χ2n) is 14.5. The molecule has 0 aromatic heterocycles. The Hall–Kier alpha value is -3.56. The Morgan fingerprint density at radius 2 is 1.18 bits per heavy atom. The maximum Gasteiger partial charge on any atom is 0.410 e. The van der Waals surface area contributed by atoms with Gasteiger partial charge in [-0.15, -0.1) is 0 Å². The van der Waals surface area contributed by atoms with Crippen molar-refractivity contribution in [1.29, 1.82) is 5.26 Å². The predicted molar refractivity (Wildman–Crippen MR) is 170 cm³/mol. The zero-order valence-electron chi connectivity index (χ0n) is 29.1. The summed E-state index contributed by atoms with van der Waals surface area (Å²) in [5.41, 5.74) is 4.12. The minimum atomic E-state index is -0.626. The lowest BCUT2D eigenvalue weighted by molar-refractivity contribution is -0.138. The van der Waals surface area contributed by atoms with Crippen molar-refractivity contribution < 1.29 is 33.4 Å². The topological polar surface area (TPSA) is 167 Å². The van der Waals surface area contributed by atoms with E-state index in [0.29, 0.717) is 39.0 Å². The Balaban J connectivity index is 0.000000450. The summed E-state index contributed by atoms with van der Waals surface area (Å²) in [6.45, 7) is 20.4. The molecule has 2 aliphatic heterocycles. The third-order valence-corrected chi connectivity index (χ3v) is 6.75. The van der Waals surface area contributed by atoms with Gasteiger partial charge in [0.1, 0.15) is 36.4 Å². The van der Waals surface area contributed by atoms with Crippen molar-refractivity contribution in [2.24, 2.45) is 17.6 Å². The lowest BCUT2D eigenvalue weighted by atomic mass is 10.2. The number of nitrogens with two attached hydrogens (primary N) is 1. The molecule has 0 aromatic rings. The van der Waals surface area contributed by atoms with Crippen molar-refractivity contribution in [3.63, 3.8) is 0 Å². The molecular formula is C32H56N6O7. The van der Waals surface area contributed by atoms with E-state index in [-0.39, 0.29) is 42.8 Å². The number of hydrogen-bond acceptors (Lipinski definition) is 8. The van der Waals surface area contributed by atoms with Gasteiger partial charge in [0.15, 0.2) is 0 Å². The molecule has 2 fully saturated rings. The maximum absolute atomic E-state index is 12.5. The zero-order valence-corrected chi connectivity index (χ0v) is 29.1. The van der Waals surface area contributed by atoms with Gasteiger partial charge in [-0.1, -0.05) is 27.7 Å². The highest BCUT2D eigenvalue weighted by Crippen LogP contribution is 2.20. The summed E-state index contributed by atoms with van der Waals surface area (Å²) >= 11 is 0. The van der Waals surface area contributed by atoms with Gasteiger partial charge in [0.05, 0.1) is 6.07 Å². The first-order chi connectivity index (χ1) is 20.6. The summed E-state index contributed by atoms with van der Waals surface area (Å²) in [6, 6.07) is 1.21. The van der Waals surface area contributed by atoms with E-state index in [2.05, 4.69) is 6.07 Å². The molecule has 45 heavy (non-hydrogen) atoms. The number of carbonyl (C=O) groups is 5. The molecule has 5 amide bonds. The van der Waals surface area contributed by atoms with Crippen molar-refractivity contribution in [1.82, 2.24) is 19.6 Å². The van der Waals surface area contributed by atoms with Crippen LogP contribution in [0.25, 0.3) is 0 Å². The van der Waals surface area contributed by atoms with Crippen molar-refractivity contribution in [3.8, 4) is 6.07 Å². The molecule has 13 nitrogen and oxygen atoms in total. The van der Waals surface area contributed by atoms with Crippen LogP contribution in [0.2, 0.25) is 0 Å². The third-order valence-electron chi connectivity index (χ3n) is 6.75. The molecule has 13 heteroatoms. The number of primary amides is 1. The number of hydrogen-bond donors (Lipinski definition) is 1. The van der Waals surface area contributed by atoms with Crippen LogP contribution in [0.4, 0.5) is 9.59 Å². The Kier molecular flexibility index (Phi) is 15.1. The van der Waals surface area contributed by atoms with Gasteiger partial charge >= 0.3 is 12.2 Å². The summed E-state index contributed by atoms with van der Waals surface area (Å²) in [7, 11) is 0. The third kappa shape index (κ3) is 14.4. The van der Waals surface area contributed by atoms with Crippen LogP contribution < -0.4 is 5.73 Å². The van der Waals surface area contributed by atoms with Crippen LogP contribution in [0.3, 0.4) is 0 Å². The minimum Gasteiger partial charge on any atom is -0.444 e. The molecule has 2 atom stereocenters. The van der Waals surface area contributed by atoms with E-state index in [9.17, 15) is 24.0 Å². The quantitative estimate of drug-likeness (QED) is 0.399. The molecule has 2 heterocycles. The van der Waals surface area contributed by atoms with E-state index >= 15 is 0 Å². The van der Waals surface area contributed by atoms with E-state index in [1.165, 1.54) is 14.7 Å². The molecule has 2 rings (SSSR count). The molecule has 0 unspecified atom stereocenters. The van der Waals surface area contributed by atoms with E-state index in [4.69, 9.17) is 20.5 Å². The van der Waals surface area contributed by atoms with Crippen LogP contribution in [0, 0.1) is 23.2 Å². The Labute approximate surface area is 269 Å². The van der Waals surface area contributed by atoms with Gasteiger partial charge in [-0.3, -0.25) is 24.2 Å². The molecule has 0 bridgehead atoms. The number of carbonyl (C=O) groups excluding carboxylic acids is 5. The summed E-state index contributed by atoms with van der Waals surface area (Å²) in [5.74, 6) is -0.525. The van der Waals surface area contributed by atoms with Crippen LogP contribution in [0.15, 0.2) is 0 Å². The van der Waals surface area contributed by atoms with Gasteiger partial charge in [-0.2, -0.15) is 5.26 Å². The summed E-state index contributed by atoms with van der Waals surface area (Å²) in [5, 5.41) is 9.08. The summed E-state index contributed by atoms with van der Waals surface area (Å²) in [6.07, 6.45) is 1.87. The van der Waals surface area contributed by atoms with Gasteiger partial charge in [-0.25, -0.2) is 9.59 Å². The van der Waals surface area contributed by atoms with Crippen LogP contribution in [0.1, 0.15) is 94.9 Å². The van der Waals surface area contributed by atoms with Gasteiger partial charge in [0.25, 0.3) is 0 Å². The van der Waals surface area contributed by atoms with Crippen LogP contribution in [0.5, 0.6) is 0 Å². The van der Waals surface area contributed by atoms with Crippen molar-refractivity contribution in [2.45, 2.75) is 118 Å². The second-order valence-corrected chi connectivity index (χ2v) is 14.5. The van der Waals surface area contributed by atoms with Crippen molar-refractivity contribution in [3.05, 3.63) is 0 Å². The van der Waals surface area contributed by atoms with Crippen molar-refractivity contribution >= 4 is 29.9 Å². The molecule has 0 radical (unpaired) electrons. The molecule has 0 saturated carbocycles. The smallest absolute Gasteiger partial charge is 0.410 e. The van der Waals surface area contributed by atoms with Gasteiger partial charge in [0, 0.05) is 26.2 Å². The number of ether oxygens (including phenoxy) is 2. The highest BCUT2D eigenvalue weighted by atomic mass is 16.6. The molecular weight excluding hydrogens is 580 g/mol. The zero-order chi connectivity index (χ0) is 34.7. The fraction of sp³-hybridized carbons (Fsp3) is 0.812. The number of amides is 5. The van der Waals surface area contributed by atoms with Crippen LogP contribution >= 0.6 is 0 Å². The molecule has 256 valence electrons. The largest absolute Gasteiger partial charge is 0.444 e. The molecule has 0 aliphatic carbocycles. The van der Waals surface area contributed by atoms with Gasteiger partial charge in [0.2, 0.25) is 17.7 Å². The standard InChI is InChI=1S/C16H29N3O4.C16H27N3O3/c1-11(2)9-18(15(22)23-16(3,4)5)10-13(20)19-8-6-7-12(19)14(17)21;1-12(2)10-18(15(21)22-16(3,4)5)11-14(20)19-8-6-7-13(19)9-17/h11-12H,6-10H2,1-5H3,(H2,17,21);12-13H,6-8,10-11H2,1-5H3/t12-;13-/m00/s1. The molecule has 2 aliphatic rings. The number of rotatable bonds is 9. The molecule has 2 saturated heterocycles. The predicted octanol–water partition coefficient (Wildman–Crippen LogP) is 3.75. The summed E-state index contributed by atoms with van der Waals surface area (Å²) in [4.78, 5) is 66.8. The lowest BCUT2D eigenvalue weighted by Crippen LogP contribution is -2.50. The van der Waals surface area contributed by atoms with Crippen LogP contribution in [-0.4, -0.2) is 112 Å². The lowest BCUT2D eigenvalue weighted by Gasteiger charge is -2.30. The SMILES string of the molecule is CC(C)CN(CC(=O)N1CCC[C@H]1C#N)C(=O)OC(C)(C)C.CC(C)CN(CC(=O)N1CCC[C@H]1C(N)=O)C(=O)OC(C)(C)C. The fourth-order valence-electron chi connectivity index (χ4n) is 5.01. The second kappa shape index (κ2) is 17.2. The molecule has 0 aromatic carbocycles. The number of likely N-dealkylation sites (tertiary alicyclic amines) is 2. The first kappa shape index (κ1) is 39.5. The van der Waals surface area contributed by atoms with Crippen LogP contribution in [-0.2, 0) is 23.9 Å². The normalized spacial score (nSPS) is 18.2. The average Bonchev–Trinajstić information content (AvgIpc) is 3.55. The number of nitriles is 1. The molecule has 0 spiro atoms. The minimum absolute atomic E-state index is 0.0364. The monoisotopic (exact) mass is 636 g/mol. The van der Waals surface area contributed by atoms with E-state index in [0.717, 1.165) is 12.8 Å². The summed E-state index contributed by atoms with van der Waals surface area (Å²) < 4.78 is 10.7. The number of nitrogens with zero attached hydrogens (tertiary/aromatic N) is 5. The Bertz CT molecular complexity index is 1070. The Morgan fingerprint density at radius 1 is 0.778 bits per heavy atom. The van der Waals surface area contributed by atoms with E-state index in [1.807, 2.05) is 27.7 Å². The van der Waals surface area contributed by atoms with Gasteiger partial charge < -0.3 is 25.0 Å². The molecule has 2 N–H and O–H groups in total. The highest BCUT2D eigenvalue weighted by molar-refractivity contribution is 5.89. The first-order valence-corrected chi connectivity index (χ1v) is 15.9.